The van der Waals surface area contributed by atoms with Crippen LogP contribution in [0.5, 0.6) is 5.75 Å². The molecule has 0 saturated carbocycles. The molecule has 0 bridgehead atoms. The molecule has 144 valence electrons. The van der Waals surface area contributed by atoms with Crippen molar-refractivity contribution in [2.45, 2.75) is 33.2 Å². The van der Waals surface area contributed by atoms with Crippen LogP contribution in [0.15, 0.2) is 24.3 Å². The van der Waals surface area contributed by atoms with Crippen LogP contribution in [0.4, 0.5) is 5.69 Å². The lowest BCUT2D eigenvalue weighted by atomic mass is 10.1. The van der Waals surface area contributed by atoms with Crippen molar-refractivity contribution in [3.8, 4) is 5.75 Å². The summed E-state index contributed by atoms with van der Waals surface area (Å²) in [6.07, 6.45) is 0.478. The lowest BCUT2D eigenvalue weighted by molar-refractivity contribution is -0.135. The molecule has 1 aromatic rings. The second-order valence-electron chi connectivity index (χ2n) is 6.99. The summed E-state index contributed by atoms with van der Waals surface area (Å²) in [5, 5.41) is 2.65. The molecule has 2 rings (SSSR count). The Bertz CT molecular complexity index is 743. The van der Waals surface area contributed by atoms with Crippen molar-refractivity contribution in [2.24, 2.45) is 5.92 Å². The number of nitrogens with one attached hydrogen (secondary N) is 1. The van der Waals surface area contributed by atoms with Crippen molar-refractivity contribution in [3.05, 3.63) is 24.3 Å². The number of carbonyl (C=O) groups is 2. The Morgan fingerprint density at radius 2 is 1.92 bits per heavy atom. The number of anilines is 1. The largest absolute Gasteiger partial charge is 0.484 e. The molecule has 1 atom stereocenters. The third kappa shape index (κ3) is 6.01. The highest BCUT2D eigenvalue weighted by molar-refractivity contribution is 7.91. The fourth-order valence-electron chi connectivity index (χ4n) is 2.93. The van der Waals surface area contributed by atoms with Crippen molar-refractivity contribution in [1.82, 2.24) is 4.90 Å². The Labute approximate surface area is 154 Å². The van der Waals surface area contributed by atoms with Gasteiger partial charge in [0.15, 0.2) is 16.4 Å². The Hall–Kier alpha value is -2.09. The van der Waals surface area contributed by atoms with Crippen LogP contribution in [0.1, 0.15) is 27.2 Å². The van der Waals surface area contributed by atoms with Gasteiger partial charge < -0.3 is 15.0 Å². The van der Waals surface area contributed by atoms with Gasteiger partial charge in [0.05, 0.1) is 11.5 Å². The number of amides is 2. The summed E-state index contributed by atoms with van der Waals surface area (Å²) >= 11 is 0. The van der Waals surface area contributed by atoms with Gasteiger partial charge in [0.2, 0.25) is 5.91 Å². The summed E-state index contributed by atoms with van der Waals surface area (Å²) in [6, 6.07) is 6.45. The van der Waals surface area contributed by atoms with Gasteiger partial charge in [-0.05, 0) is 36.6 Å². The van der Waals surface area contributed by atoms with Gasteiger partial charge in [-0.15, -0.1) is 0 Å². The van der Waals surface area contributed by atoms with E-state index in [-0.39, 0.29) is 41.9 Å². The molecule has 0 radical (unpaired) electrons. The molecule has 1 heterocycles. The topological polar surface area (TPSA) is 92.8 Å². The summed E-state index contributed by atoms with van der Waals surface area (Å²) in [7, 11) is -3.06. The van der Waals surface area contributed by atoms with E-state index in [0.717, 1.165) is 0 Å². The third-order valence-electron chi connectivity index (χ3n) is 4.07. The number of ether oxygens (including phenoxy) is 1. The van der Waals surface area contributed by atoms with E-state index in [9.17, 15) is 18.0 Å². The van der Waals surface area contributed by atoms with E-state index in [1.165, 1.54) is 6.92 Å². The highest BCUT2D eigenvalue weighted by Gasteiger charge is 2.34. The van der Waals surface area contributed by atoms with E-state index in [2.05, 4.69) is 5.32 Å². The zero-order valence-corrected chi connectivity index (χ0v) is 16.2. The van der Waals surface area contributed by atoms with Crippen LogP contribution in [0, 0.1) is 5.92 Å². The lowest BCUT2D eigenvalue weighted by Gasteiger charge is -2.29. The molecular formula is C18H26N2O5S. The summed E-state index contributed by atoms with van der Waals surface area (Å²) < 4.78 is 29.0. The van der Waals surface area contributed by atoms with E-state index in [1.54, 1.807) is 29.2 Å². The van der Waals surface area contributed by atoms with Gasteiger partial charge in [-0.2, -0.15) is 0 Å². The van der Waals surface area contributed by atoms with Crippen LogP contribution in [0.2, 0.25) is 0 Å². The summed E-state index contributed by atoms with van der Waals surface area (Å²) in [5.41, 5.74) is 0.647. The Morgan fingerprint density at radius 1 is 1.27 bits per heavy atom. The van der Waals surface area contributed by atoms with Gasteiger partial charge in [0.25, 0.3) is 5.91 Å². The predicted octanol–water partition coefficient (Wildman–Crippen LogP) is 1.70. The zero-order valence-electron chi connectivity index (χ0n) is 15.4. The molecule has 1 aliphatic rings. The van der Waals surface area contributed by atoms with E-state index in [4.69, 9.17) is 4.74 Å². The van der Waals surface area contributed by atoms with Crippen molar-refractivity contribution in [1.29, 1.82) is 0 Å². The first-order chi connectivity index (χ1) is 12.2. The van der Waals surface area contributed by atoms with Gasteiger partial charge in [-0.1, -0.05) is 13.8 Å². The van der Waals surface area contributed by atoms with Crippen molar-refractivity contribution < 1.29 is 22.7 Å². The first kappa shape index (κ1) is 20.2. The molecule has 0 spiro atoms. The number of hydrogen-bond donors (Lipinski definition) is 1. The smallest absolute Gasteiger partial charge is 0.260 e. The van der Waals surface area contributed by atoms with E-state index < -0.39 is 9.84 Å². The number of sulfone groups is 1. The fraction of sp³-hybridized carbons (Fsp3) is 0.556. The van der Waals surface area contributed by atoms with Crippen LogP contribution in [-0.4, -0.2) is 55.8 Å². The number of carbonyl (C=O) groups excluding carboxylic acids is 2. The van der Waals surface area contributed by atoms with E-state index in [0.29, 0.717) is 24.4 Å². The molecule has 1 aliphatic heterocycles. The minimum atomic E-state index is -3.06. The normalized spacial score (nSPS) is 18.5. The molecule has 2 amide bonds. The molecule has 1 saturated heterocycles. The summed E-state index contributed by atoms with van der Waals surface area (Å²) in [5.74, 6) is 0.522. The van der Waals surface area contributed by atoms with Crippen molar-refractivity contribution in [2.75, 3.05) is 30.0 Å². The fourth-order valence-corrected chi connectivity index (χ4v) is 4.67. The highest BCUT2D eigenvalue weighted by atomic mass is 32.2. The second-order valence-corrected chi connectivity index (χ2v) is 9.22. The summed E-state index contributed by atoms with van der Waals surface area (Å²) in [4.78, 5) is 25.3. The van der Waals surface area contributed by atoms with Gasteiger partial charge in [-0.25, -0.2) is 8.42 Å². The SMILES string of the molecule is CC(=O)Nc1ccc(OCC(=O)N(CC(C)C)[C@@H]2CCS(=O)(=O)C2)cc1. The molecular weight excluding hydrogens is 356 g/mol. The lowest BCUT2D eigenvalue weighted by Crippen LogP contribution is -2.45. The molecule has 0 aliphatic carbocycles. The molecule has 1 aromatic carbocycles. The van der Waals surface area contributed by atoms with Crippen LogP contribution in [-0.2, 0) is 19.4 Å². The predicted molar refractivity (Wildman–Crippen MR) is 99.9 cm³/mol. The van der Waals surface area contributed by atoms with Crippen LogP contribution < -0.4 is 10.1 Å². The first-order valence-electron chi connectivity index (χ1n) is 8.66. The highest BCUT2D eigenvalue weighted by Crippen LogP contribution is 2.20. The maximum absolute atomic E-state index is 12.6. The van der Waals surface area contributed by atoms with Crippen LogP contribution >= 0.6 is 0 Å². The van der Waals surface area contributed by atoms with Crippen molar-refractivity contribution >= 4 is 27.3 Å². The summed E-state index contributed by atoms with van der Waals surface area (Å²) in [6.45, 7) is 5.76. The Balaban J connectivity index is 1.97. The number of rotatable bonds is 7. The molecule has 1 N–H and O–H groups in total. The maximum atomic E-state index is 12.6. The van der Waals surface area contributed by atoms with E-state index >= 15 is 0 Å². The molecule has 1 fully saturated rings. The van der Waals surface area contributed by atoms with Gasteiger partial charge >= 0.3 is 0 Å². The average molecular weight is 382 g/mol. The monoisotopic (exact) mass is 382 g/mol. The van der Waals surface area contributed by atoms with Crippen molar-refractivity contribution in [3.63, 3.8) is 0 Å². The Kier molecular flexibility index (Phi) is 6.63. The minimum Gasteiger partial charge on any atom is -0.484 e. The third-order valence-corrected chi connectivity index (χ3v) is 5.82. The van der Waals surface area contributed by atoms with Gasteiger partial charge in [0.1, 0.15) is 5.75 Å². The first-order valence-corrected chi connectivity index (χ1v) is 10.5. The standard InChI is InChI=1S/C18H26N2O5S/c1-13(2)10-20(16-8-9-26(23,24)12-16)18(22)11-25-17-6-4-15(5-7-17)19-14(3)21/h4-7,13,16H,8-12H2,1-3H3,(H,19,21)/t16-/m1/s1. The minimum absolute atomic E-state index is 0.0247. The van der Waals surface area contributed by atoms with Gasteiger partial charge in [0, 0.05) is 25.2 Å². The zero-order chi connectivity index (χ0) is 19.3. The van der Waals surface area contributed by atoms with Gasteiger partial charge in [-0.3, -0.25) is 9.59 Å². The maximum Gasteiger partial charge on any atom is 0.260 e. The number of nitrogens with zero attached hydrogens (tertiary/aromatic N) is 1. The second kappa shape index (κ2) is 8.53. The average Bonchev–Trinajstić information content (AvgIpc) is 2.90. The molecule has 7 nitrogen and oxygen atoms in total. The number of benzene rings is 1. The van der Waals surface area contributed by atoms with E-state index in [1.807, 2.05) is 13.8 Å². The molecule has 8 heteroatoms. The van der Waals surface area contributed by atoms with Crippen LogP contribution in [0.25, 0.3) is 0 Å². The molecule has 0 unspecified atom stereocenters. The number of hydrogen-bond acceptors (Lipinski definition) is 5. The molecule has 26 heavy (non-hydrogen) atoms. The van der Waals surface area contributed by atoms with Crippen LogP contribution in [0.3, 0.4) is 0 Å². The Morgan fingerprint density at radius 3 is 2.42 bits per heavy atom. The molecule has 0 aromatic heterocycles. The quantitative estimate of drug-likeness (QED) is 0.775.